The maximum absolute atomic E-state index is 13.6. The molecule has 1 atom stereocenters. The first-order chi connectivity index (χ1) is 9.92. The van der Waals surface area contributed by atoms with Gasteiger partial charge in [0.25, 0.3) is 0 Å². The molecule has 1 aliphatic rings. The van der Waals surface area contributed by atoms with Crippen LogP contribution in [0, 0.1) is 11.6 Å². The Morgan fingerprint density at radius 1 is 1.38 bits per heavy atom. The van der Waals surface area contributed by atoms with Crippen LogP contribution < -0.4 is 5.32 Å². The van der Waals surface area contributed by atoms with Crippen molar-refractivity contribution in [2.75, 3.05) is 6.54 Å². The molecule has 112 valence electrons. The lowest BCUT2D eigenvalue weighted by Gasteiger charge is -2.33. The van der Waals surface area contributed by atoms with Gasteiger partial charge in [-0.3, -0.25) is 19.7 Å². The smallest absolute Gasteiger partial charge is 0.249 e. The Balaban J connectivity index is 2.17. The molecule has 1 unspecified atom stereocenters. The highest BCUT2D eigenvalue weighted by Crippen LogP contribution is 2.15. The van der Waals surface area contributed by atoms with E-state index < -0.39 is 35.4 Å². The van der Waals surface area contributed by atoms with Crippen LogP contribution in [0.5, 0.6) is 0 Å². The lowest BCUT2D eigenvalue weighted by Crippen LogP contribution is -2.59. The molecule has 1 saturated heterocycles. The zero-order valence-corrected chi connectivity index (χ0v) is 11.4. The van der Waals surface area contributed by atoms with Crippen LogP contribution in [0.2, 0.25) is 0 Å². The summed E-state index contributed by atoms with van der Waals surface area (Å²) in [6.07, 6.45) is 0.0138. The fraction of sp³-hybridized carbons (Fsp3) is 0.357. The molecule has 1 N–H and O–H groups in total. The zero-order valence-electron chi connectivity index (χ0n) is 11.4. The predicted molar refractivity (Wildman–Crippen MR) is 69.0 cm³/mol. The summed E-state index contributed by atoms with van der Waals surface area (Å²) in [4.78, 5) is 36.4. The molecule has 0 bridgehead atoms. The first kappa shape index (κ1) is 15.1. The Bertz CT molecular complexity index is 604. The largest absolute Gasteiger partial charge is 0.321 e. The van der Waals surface area contributed by atoms with Crippen molar-refractivity contribution in [2.45, 2.75) is 25.8 Å². The number of nitrogens with one attached hydrogen (secondary N) is 1. The Morgan fingerprint density at radius 3 is 2.71 bits per heavy atom. The molecule has 2 rings (SSSR count). The Labute approximate surface area is 119 Å². The van der Waals surface area contributed by atoms with Gasteiger partial charge in [0.15, 0.2) is 0 Å². The van der Waals surface area contributed by atoms with Gasteiger partial charge >= 0.3 is 0 Å². The van der Waals surface area contributed by atoms with Gasteiger partial charge in [-0.1, -0.05) is 13.0 Å². The second-order valence-electron chi connectivity index (χ2n) is 4.77. The molecule has 5 nitrogen and oxygen atoms in total. The van der Waals surface area contributed by atoms with E-state index in [1.54, 1.807) is 6.92 Å². The third-order valence-corrected chi connectivity index (χ3v) is 3.32. The predicted octanol–water partition coefficient (Wildman–Crippen LogP) is 0.771. The molecule has 1 aromatic rings. The molecule has 7 heteroatoms. The summed E-state index contributed by atoms with van der Waals surface area (Å²) < 4.78 is 26.4. The van der Waals surface area contributed by atoms with E-state index in [1.807, 2.05) is 0 Å². The van der Waals surface area contributed by atoms with Crippen LogP contribution in [0.25, 0.3) is 0 Å². The molecular formula is C14H14F2N2O3. The summed E-state index contributed by atoms with van der Waals surface area (Å²) in [6, 6.07) is 2.17. The summed E-state index contributed by atoms with van der Waals surface area (Å²) in [6.45, 7) is 1.46. The zero-order chi connectivity index (χ0) is 15.6. The molecule has 0 saturated carbocycles. The van der Waals surface area contributed by atoms with Crippen molar-refractivity contribution in [2.24, 2.45) is 0 Å². The molecule has 0 spiro atoms. The molecule has 1 aromatic carbocycles. The van der Waals surface area contributed by atoms with E-state index in [9.17, 15) is 23.2 Å². The van der Waals surface area contributed by atoms with E-state index >= 15 is 0 Å². The van der Waals surface area contributed by atoms with Crippen molar-refractivity contribution in [1.29, 1.82) is 0 Å². The minimum atomic E-state index is -0.829. The highest BCUT2D eigenvalue weighted by Gasteiger charge is 2.35. The van der Waals surface area contributed by atoms with Crippen molar-refractivity contribution in [3.8, 4) is 0 Å². The fourth-order valence-corrected chi connectivity index (χ4v) is 2.26. The number of halogens is 2. The minimum Gasteiger partial charge on any atom is -0.321 e. The number of amides is 3. The molecule has 0 aromatic heterocycles. The number of carbonyl (C=O) groups is 3. The van der Waals surface area contributed by atoms with Crippen molar-refractivity contribution >= 4 is 17.7 Å². The number of imide groups is 1. The molecule has 1 heterocycles. The number of nitrogens with zero attached hydrogens (tertiary/aromatic N) is 1. The van der Waals surface area contributed by atoms with Gasteiger partial charge in [0.05, 0.1) is 6.42 Å². The molecule has 0 radical (unpaired) electrons. The Morgan fingerprint density at radius 2 is 2.10 bits per heavy atom. The minimum absolute atomic E-state index is 0.0229. The van der Waals surface area contributed by atoms with E-state index in [2.05, 4.69) is 5.32 Å². The van der Waals surface area contributed by atoms with Crippen LogP contribution in [0.15, 0.2) is 18.2 Å². The van der Waals surface area contributed by atoms with Gasteiger partial charge in [-0.2, -0.15) is 0 Å². The van der Waals surface area contributed by atoms with Crippen molar-refractivity contribution in [1.82, 2.24) is 10.2 Å². The number of piperazine rings is 1. The number of benzene rings is 1. The number of hydrogen-bond acceptors (Lipinski definition) is 3. The van der Waals surface area contributed by atoms with E-state index in [0.717, 1.165) is 11.0 Å². The highest BCUT2D eigenvalue weighted by atomic mass is 19.1. The van der Waals surface area contributed by atoms with Crippen LogP contribution in [0.3, 0.4) is 0 Å². The number of hydrogen-bond donors (Lipinski definition) is 1. The summed E-state index contributed by atoms with van der Waals surface area (Å²) in [7, 11) is 0. The normalized spacial score (nSPS) is 18.6. The van der Waals surface area contributed by atoms with Crippen molar-refractivity contribution in [3.05, 3.63) is 35.4 Å². The molecule has 1 fully saturated rings. The average Bonchev–Trinajstić information content (AvgIpc) is 2.41. The standard InChI is InChI=1S/C14H14F2N2O3/c1-2-11-14(21)17-12(19)7-18(11)13(20)5-8-3-4-9(15)6-10(8)16/h3-4,6,11H,2,5,7H2,1H3,(H,17,19,21). The summed E-state index contributed by atoms with van der Waals surface area (Å²) >= 11 is 0. The molecule has 3 amide bonds. The van der Waals surface area contributed by atoms with E-state index in [1.165, 1.54) is 6.07 Å². The summed E-state index contributed by atoms with van der Waals surface area (Å²) in [5, 5.41) is 2.15. The van der Waals surface area contributed by atoms with Crippen molar-refractivity contribution in [3.63, 3.8) is 0 Å². The quantitative estimate of drug-likeness (QED) is 0.838. The van der Waals surface area contributed by atoms with E-state index in [-0.39, 0.29) is 18.5 Å². The average molecular weight is 296 g/mol. The third-order valence-electron chi connectivity index (χ3n) is 3.32. The number of carbonyl (C=O) groups excluding carboxylic acids is 3. The van der Waals surface area contributed by atoms with Gasteiger partial charge in [-0.05, 0) is 18.1 Å². The van der Waals surface area contributed by atoms with Crippen LogP contribution in [-0.2, 0) is 20.8 Å². The monoisotopic (exact) mass is 296 g/mol. The van der Waals surface area contributed by atoms with Gasteiger partial charge in [0, 0.05) is 6.07 Å². The molecule has 0 aliphatic carbocycles. The second kappa shape index (κ2) is 5.99. The van der Waals surface area contributed by atoms with Gasteiger partial charge < -0.3 is 4.90 Å². The number of rotatable bonds is 3. The molecular weight excluding hydrogens is 282 g/mol. The Hall–Kier alpha value is -2.31. The molecule has 1 aliphatic heterocycles. The van der Waals surface area contributed by atoms with Crippen LogP contribution in [-0.4, -0.2) is 35.2 Å². The maximum atomic E-state index is 13.6. The van der Waals surface area contributed by atoms with Gasteiger partial charge in [0.1, 0.15) is 24.2 Å². The first-order valence-electron chi connectivity index (χ1n) is 6.49. The van der Waals surface area contributed by atoms with Crippen LogP contribution in [0.4, 0.5) is 8.78 Å². The Kier molecular flexibility index (Phi) is 4.30. The summed E-state index contributed by atoms with van der Waals surface area (Å²) in [5.41, 5.74) is 0.0229. The summed E-state index contributed by atoms with van der Waals surface area (Å²) in [5.74, 6) is -3.22. The van der Waals surface area contributed by atoms with E-state index in [0.29, 0.717) is 12.5 Å². The lowest BCUT2D eigenvalue weighted by atomic mass is 10.1. The highest BCUT2D eigenvalue weighted by molar-refractivity contribution is 6.04. The fourth-order valence-electron chi connectivity index (χ4n) is 2.26. The van der Waals surface area contributed by atoms with Crippen LogP contribution in [0.1, 0.15) is 18.9 Å². The topological polar surface area (TPSA) is 66.5 Å². The van der Waals surface area contributed by atoms with Crippen molar-refractivity contribution < 1.29 is 23.2 Å². The molecule has 21 heavy (non-hydrogen) atoms. The van der Waals surface area contributed by atoms with Gasteiger partial charge in [-0.25, -0.2) is 8.78 Å². The van der Waals surface area contributed by atoms with Gasteiger partial charge in [0.2, 0.25) is 17.7 Å². The third kappa shape index (κ3) is 3.24. The van der Waals surface area contributed by atoms with Crippen LogP contribution >= 0.6 is 0 Å². The second-order valence-corrected chi connectivity index (χ2v) is 4.77. The maximum Gasteiger partial charge on any atom is 0.249 e. The SMILES string of the molecule is CCC1C(=O)NC(=O)CN1C(=O)Cc1ccc(F)cc1F. The van der Waals surface area contributed by atoms with Gasteiger partial charge in [-0.15, -0.1) is 0 Å². The first-order valence-corrected chi connectivity index (χ1v) is 6.49. The van der Waals surface area contributed by atoms with E-state index in [4.69, 9.17) is 0 Å². The lowest BCUT2D eigenvalue weighted by molar-refractivity contribution is -0.149.